The lowest BCUT2D eigenvalue weighted by Crippen LogP contribution is -2.35. The van der Waals surface area contributed by atoms with E-state index in [1.165, 1.54) is 43.4 Å². The van der Waals surface area contributed by atoms with Gasteiger partial charge in [-0.05, 0) is 128 Å². The minimum Gasteiger partial charge on any atom is -0.472 e. The number of aliphatic imine (C=N–C) groups is 1. The smallest absolute Gasteiger partial charge is 0.343 e. The van der Waals surface area contributed by atoms with Crippen molar-refractivity contribution in [3.63, 3.8) is 0 Å². The zero-order chi connectivity index (χ0) is 40.6. The highest BCUT2D eigenvalue weighted by atomic mass is 16.5. The minimum atomic E-state index is -0.942. The summed E-state index contributed by atoms with van der Waals surface area (Å²) in [5.41, 5.74) is 6.58. The number of esters is 2. The van der Waals surface area contributed by atoms with Crippen LogP contribution in [0.15, 0.2) is 138 Å². The third kappa shape index (κ3) is 8.70. The van der Waals surface area contributed by atoms with Crippen molar-refractivity contribution < 1.29 is 23.8 Å². The molecule has 2 heterocycles. The Morgan fingerprint density at radius 1 is 0.780 bits per heavy atom. The molecule has 7 heteroatoms. The molecule has 2 aliphatic heterocycles. The molecular formula is C52H50N2O5. The first-order valence-corrected chi connectivity index (χ1v) is 21.0. The SMILES string of the molecule is CCCCCc1ccc(OC(=O)c2ccc(C=Nc3ccc4c5c(c(C(=O)OCC)cc4c3)C=CC(c3ccccc3)(c3ccc(N4CCCCC4)cc3)O5)cc2)cc1. The summed E-state index contributed by atoms with van der Waals surface area (Å²) >= 11 is 0. The van der Waals surface area contributed by atoms with Crippen molar-refractivity contribution in [3.05, 3.63) is 172 Å². The second-order valence-electron chi connectivity index (χ2n) is 15.3. The van der Waals surface area contributed by atoms with Crippen molar-refractivity contribution in [2.24, 2.45) is 4.99 Å². The lowest BCUT2D eigenvalue weighted by atomic mass is 9.82. The van der Waals surface area contributed by atoms with Gasteiger partial charge in [-0.2, -0.15) is 0 Å². The van der Waals surface area contributed by atoms with Crippen molar-refractivity contribution in [2.45, 2.75) is 64.4 Å². The molecule has 2 aliphatic rings. The Balaban J connectivity index is 1.06. The summed E-state index contributed by atoms with van der Waals surface area (Å²) in [7, 11) is 0. The number of anilines is 1. The molecule has 0 aliphatic carbocycles. The maximum atomic E-state index is 13.5. The summed E-state index contributed by atoms with van der Waals surface area (Å²) < 4.78 is 18.4. The molecule has 0 N–H and O–H groups in total. The number of rotatable bonds is 13. The Morgan fingerprint density at radius 2 is 1.53 bits per heavy atom. The fraction of sp³-hybridized carbons (Fsp3) is 0.250. The number of nitrogens with zero attached hydrogens (tertiary/aromatic N) is 2. The first-order chi connectivity index (χ1) is 28.9. The molecular weight excluding hydrogens is 733 g/mol. The Morgan fingerprint density at radius 3 is 2.25 bits per heavy atom. The predicted octanol–water partition coefficient (Wildman–Crippen LogP) is 12.1. The molecule has 1 unspecified atom stereocenters. The highest BCUT2D eigenvalue weighted by molar-refractivity contribution is 6.05. The van der Waals surface area contributed by atoms with Gasteiger partial charge in [-0.15, -0.1) is 0 Å². The van der Waals surface area contributed by atoms with Gasteiger partial charge in [-0.1, -0.05) is 86.5 Å². The molecule has 1 fully saturated rings. The van der Waals surface area contributed by atoms with Crippen LogP contribution in [0.2, 0.25) is 0 Å². The minimum absolute atomic E-state index is 0.251. The molecule has 0 bridgehead atoms. The van der Waals surface area contributed by atoms with Crippen LogP contribution in [0, 0.1) is 0 Å². The normalized spacial score (nSPS) is 16.1. The molecule has 0 aromatic heterocycles. The van der Waals surface area contributed by atoms with Gasteiger partial charge in [-0.3, -0.25) is 4.99 Å². The van der Waals surface area contributed by atoms with Crippen molar-refractivity contribution in [1.82, 2.24) is 0 Å². The summed E-state index contributed by atoms with van der Waals surface area (Å²) in [4.78, 5) is 33.7. The van der Waals surface area contributed by atoms with Gasteiger partial charge >= 0.3 is 11.9 Å². The van der Waals surface area contributed by atoms with E-state index < -0.39 is 17.5 Å². The highest BCUT2D eigenvalue weighted by Gasteiger charge is 2.39. The van der Waals surface area contributed by atoms with E-state index in [0.29, 0.717) is 33.9 Å². The Kier molecular flexibility index (Phi) is 12.0. The maximum Gasteiger partial charge on any atom is 0.343 e. The van der Waals surface area contributed by atoms with E-state index in [0.717, 1.165) is 53.4 Å². The van der Waals surface area contributed by atoms with Gasteiger partial charge in [0.05, 0.1) is 23.4 Å². The van der Waals surface area contributed by atoms with Crippen LogP contribution in [-0.4, -0.2) is 37.8 Å². The monoisotopic (exact) mass is 782 g/mol. The number of piperidine rings is 1. The molecule has 59 heavy (non-hydrogen) atoms. The van der Waals surface area contributed by atoms with Crippen LogP contribution >= 0.6 is 0 Å². The topological polar surface area (TPSA) is 77.4 Å². The van der Waals surface area contributed by atoms with Gasteiger partial charge < -0.3 is 19.1 Å². The third-order valence-electron chi connectivity index (χ3n) is 11.3. The van der Waals surface area contributed by atoms with Gasteiger partial charge in [0.15, 0.2) is 5.60 Å². The predicted molar refractivity (Wildman–Crippen MR) is 238 cm³/mol. The fourth-order valence-electron chi connectivity index (χ4n) is 8.06. The molecule has 298 valence electrons. The van der Waals surface area contributed by atoms with Crippen LogP contribution in [0.3, 0.4) is 0 Å². The summed E-state index contributed by atoms with van der Waals surface area (Å²) in [6.07, 6.45) is 14.1. The van der Waals surface area contributed by atoms with Crippen LogP contribution in [0.25, 0.3) is 16.8 Å². The summed E-state index contributed by atoms with van der Waals surface area (Å²) in [6, 6.07) is 41.6. The molecule has 8 rings (SSSR count). The quantitative estimate of drug-likeness (QED) is 0.0502. The van der Waals surface area contributed by atoms with Gasteiger partial charge in [0.1, 0.15) is 11.5 Å². The van der Waals surface area contributed by atoms with Gasteiger partial charge in [-0.25, -0.2) is 9.59 Å². The number of ether oxygens (including phenoxy) is 3. The molecule has 6 aromatic rings. The zero-order valence-electron chi connectivity index (χ0n) is 33.9. The summed E-state index contributed by atoms with van der Waals surface area (Å²) in [6.45, 7) is 6.39. The van der Waals surface area contributed by atoms with Crippen LogP contribution < -0.4 is 14.4 Å². The largest absolute Gasteiger partial charge is 0.472 e. The number of carbonyl (C=O) groups excluding carboxylic acids is 2. The lowest BCUT2D eigenvalue weighted by molar-refractivity contribution is 0.0524. The Bertz CT molecular complexity index is 2470. The van der Waals surface area contributed by atoms with Crippen molar-refractivity contribution in [2.75, 3.05) is 24.6 Å². The standard InChI is InChI=1S/C52H50N2O5/c1-3-5-8-13-37-18-27-45(28-19-37)58-50(55)39-20-16-38(17-21-39)36-53-43-24-29-46-40(34-43)35-48(51(56)57-4-2)47-30-31-52(59-49(46)47,41-14-9-6-10-15-41)42-22-25-44(26-23-42)54-32-11-7-12-33-54/h6,9-10,14-31,34-36H,3-5,7-8,11-13,32-33H2,1-2H3. The average molecular weight is 783 g/mol. The molecule has 0 radical (unpaired) electrons. The molecule has 7 nitrogen and oxygen atoms in total. The number of hydrogen-bond acceptors (Lipinski definition) is 7. The maximum absolute atomic E-state index is 13.5. The van der Waals surface area contributed by atoms with E-state index in [1.54, 1.807) is 18.3 Å². The second-order valence-corrected chi connectivity index (χ2v) is 15.3. The van der Waals surface area contributed by atoms with Crippen molar-refractivity contribution in [3.8, 4) is 11.5 Å². The van der Waals surface area contributed by atoms with E-state index in [9.17, 15) is 9.59 Å². The molecule has 1 atom stereocenters. The molecule has 1 saturated heterocycles. The van der Waals surface area contributed by atoms with Gasteiger partial charge in [0, 0.05) is 47.1 Å². The Hall–Kier alpha value is -6.47. The Labute approximate surface area is 347 Å². The number of aryl methyl sites for hydroxylation is 1. The number of fused-ring (bicyclic) bond motifs is 3. The van der Waals surface area contributed by atoms with Crippen LogP contribution in [0.5, 0.6) is 11.5 Å². The highest BCUT2D eigenvalue weighted by Crippen LogP contribution is 2.47. The number of carbonyl (C=O) groups is 2. The van der Waals surface area contributed by atoms with Crippen LogP contribution in [0.4, 0.5) is 11.4 Å². The van der Waals surface area contributed by atoms with E-state index in [4.69, 9.17) is 19.2 Å². The van der Waals surface area contributed by atoms with E-state index in [-0.39, 0.29) is 6.61 Å². The number of hydrogen-bond donors (Lipinski definition) is 0. The number of unbranched alkanes of at least 4 members (excludes halogenated alkanes) is 2. The van der Waals surface area contributed by atoms with Crippen LogP contribution in [0.1, 0.15) is 101 Å². The van der Waals surface area contributed by atoms with E-state index in [1.807, 2.05) is 91.9 Å². The lowest BCUT2D eigenvalue weighted by Gasteiger charge is -2.37. The second kappa shape index (κ2) is 18.0. The third-order valence-corrected chi connectivity index (χ3v) is 11.3. The first-order valence-electron chi connectivity index (χ1n) is 21.0. The molecule has 0 amide bonds. The van der Waals surface area contributed by atoms with Crippen LogP contribution in [-0.2, 0) is 16.8 Å². The zero-order valence-corrected chi connectivity index (χ0v) is 33.9. The van der Waals surface area contributed by atoms with E-state index >= 15 is 0 Å². The van der Waals surface area contributed by atoms with Gasteiger partial charge in [0.2, 0.25) is 0 Å². The van der Waals surface area contributed by atoms with Gasteiger partial charge in [0.25, 0.3) is 0 Å². The molecule has 0 spiro atoms. The molecule has 6 aromatic carbocycles. The summed E-state index contributed by atoms with van der Waals surface area (Å²) in [5, 5.41) is 1.65. The van der Waals surface area contributed by atoms with Crippen molar-refractivity contribution in [1.29, 1.82) is 0 Å². The fourth-order valence-corrected chi connectivity index (χ4v) is 8.06. The summed E-state index contributed by atoms with van der Waals surface area (Å²) in [5.74, 6) is 0.310. The van der Waals surface area contributed by atoms with Crippen molar-refractivity contribution >= 4 is 46.4 Å². The number of benzene rings is 6. The molecule has 0 saturated carbocycles. The van der Waals surface area contributed by atoms with E-state index in [2.05, 4.69) is 54.3 Å². The average Bonchev–Trinajstić information content (AvgIpc) is 3.29. The first kappa shape index (κ1) is 39.4.